The predicted octanol–water partition coefficient (Wildman–Crippen LogP) is 3.90. The SMILES string of the molecule is Cn1cc(-c2ccc(N3CC(C4CCCC4)CC3=O)cc2F)c2c(N)ncnc21. The zero-order valence-corrected chi connectivity index (χ0v) is 16.4. The van der Waals surface area contributed by atoms with Crippen molar-refractivity contribution in [3.8, 4) is 11.1 Å². The van der Waals surface area contributed by atoms with Gasteiger partial charge in [-0.25, -0.2) is 14.4 Å². The van der Waals surface area contributed by atoms with Gasteiger partial charge in [0.15, 0.2) is 0 Å². The highest BCUT2D eigenvalue weighted by Crippen LogP contribution is 2.39. The summed E-state index contributed by atoms with van der Waals surface area (Å²) in [5.41, 5.74) is 8.41. The Labute approximate surface area is 168 Å². The summed E-state index contributed by atoms with van der Waals surface area (Å²) in [7, 11) is 1.84. The number of aromatic nitrogens is 3. The van der Waals surface area contributed by atoms with Gasteiger partial charge in [0.05, 0.1) is 5.39 Å². The van der Waals surface area contributed by atoms with Crippen molar-refractivity contribution >= 4 is 28.4 Å². The van der Waals surface area contributed by atoms with E-state index in [4.69, 9.17) is 5.73 Å². The number of nitrogens with zero attached hydrogens (tertiary/aromatic N) is 4. The number of benzene rings is 1. The molecule has 1 aliphatic heterocycles. The zero-order chi connectivity index (χ0) is 20.1. The van der Waals surface area contributed by atoms with E-state index in [1.54, 1.807) is 11.0 Å². The highest BCUT2D eigenvalue weighted by molar-refractivity contribution is 6.01. The quantitative estimate of drug-likeness (QED) is 0.732. The number of anilines is 2. The molecule has 0 bridgehead atoms. The molecule has 1 saturated carbocycles. The van der Waals surface area contributed by atoms with Gasteiger partial charge in [0, 0.05) is 43.0 Å². The van der Waals surface area contributed by atoms with Crippen LogP contribution in [0.1, 0.15) is 32.1 Å². The van der Waals surface area contributed by atoms with E-state index in [9.17, 15) is 4.79 Å². The van der Waals surface area contributed by atoms with Crippen molar-refractivity contribution in [3.05, 3.63) is 36.5 Å². The second kappa shape index (κ2) is 6.83. The minimum atomic E-state index is -0.379. The molecule has 2 N–H and O–H groups in total. The molecule has 6 nitrogen and oxygen atoms in total. The number of nitrogen functional groups attached to an aromatic ring is 1. The molecule has 3 aromatic rings. The third-order valence-corrected chi connectivity index (χ3v) is 6.56. The minimum absolute atomic E-state index is 0.0943. The van der Waals surface area contributed by atoms with Crippen molar-refractivity contribution in [2.24, 2.45) is 18.9 Å². The molecule has 1 unspecified atom stereocenters. The third-order valence-electron chi connectivity index (χ3n) is 6.56. The summed E-state index contributed by atoms with van der Waals surface area (Å²) < 4.78 is 17.0. The molecule has 0 radical (unpaired) electrons. The van der Waals surface area contributed by atoms with Crippen molar-refractivity contribution in [1.82, 2.24) is 14.5 Å². The summed E-state index contributed by atoms with van der Waals surface area (Å²) in [4.78, 5) is 22.6. The highest BCUT2D eigenvalue weighted by atomic mass is 19.1. The summed E-state index contributed by atoms with van der Waals surface area (Å²) in [5, 5.41) is 0.639. The van der Waals surface area contributed by atoms with E-state index in [0.29, 0.717) is 58.5 Å². The average molecular weight is 393 g/mol. The lowest BCUT2D eigenvalue weighted by molar-refractivity contribution is -0.117. The predicted molar refractivity (Wildman–Crippen MR) is 111 cm³/mol. The Bertz CT molecular complexity index is 1100. The standard InChI is InChI=1S/C22H24FN5O/c1-27-11-17(20-21(24)25-12-26-22(20)27)16-7-6-15(9-18(16)23)28-10-14(8-19(28)29)13-4-2-3-5-13/h6-7,9,11-14H,2-5,8,10H2,1H3,(H2,24,25,26). The van der Waals surface area contributed by atoms with Gasteiger partial charge in [-0.3, -0.25) is 4.79 Å². The van der Waals surface area contributed by atoms with Gasteiger partial charge in [-0.05, 0) is 30.0 Å². The fraction of sp³-hybridized carbons (Fsp3) is 0.409. The number of carbonyl (C=O) groups is 1. The molecule has 1 aliphatic carbocycles. The van der Waals surface area contributed by atoms with E-state index < -0.39 is 0 Å². The van der Waals surface area contributed by atoms with E-state index in [0.717, 1.165) is 0 Å². The highest BCUT2D eigenvalue weighted by Gasteiger charge is 2.36. The Morgan fingerprint density at radius 3 is 2.69 bits per heavy atom. The van der Waals surface area contributed by atoms with Crippen LogP contribution in [0.2, 0.25) is 0 Å². The van der Waals surface area contributed by atoms with Crippen LogP contribution in [0.5, 0.6) is 0 Å². The van der Waals surface area contributed by atoms with Crippen molar-refractivity contribution in [3.63, 3.8) is 0 Å². The van der Waals surface area contributed by atoms with Gasteiger partial charge in [-0.2, -0.15) is 0 Å². The van der Waals surface area contributed by atoms with Crippen molar-refractivity contribution in [2.75, 3.05) is 17.2 Å². The number of hydrogen-bond donors (Lipinski definition) is 1. The zero-order valence-electron chi connectivity index (χ0n) is 16.4. The molecular weight excluding hydrogens is 369 g/mol. The number of halogens is 1. The van der Waals surface area contributed by atoms with Gasteiger partial charge in [0.25, 0.3) is 0 Å². The molecule has 7 heteroatoms. The van der Waals surface area contributed by atoms with Crippen molar-refractivity contribution < 1.29 is 9.18 Å². The van der Waals surface area contributed by atoms with E-state index in [-0.39, 0.29) is 11.7 Å². The number of carbonyl (C=O) groups excluding carboxylic acids is 1. The Balaban J connectivity index is 1.48. The second-order valence-corrected chi connectivity index (χ2v) is 8.29. The van der Waals surface area contributed by atoms with E-state index >= 15 is 4.39 Å². The first-order valence-electron chi connectivity index (χ1n) is 10.2. The number of fused-ring (bicyclic) bond motifs is 1. The molecule has 0 spiro atoms. The fourth-order valence-corrected chi connectivity index (χ4v) is 5.06. The Morgan fingerprint density at radius 1 is 1.14 bits per heavy atom. The molecule has 5 rings (SSSR count). The molecule has 2 aliphatic rings. The van der Waals surface area contributed by atoms with Gasteiger partial charge < -0.3 is 15.2 Å². The summed E-state index contributed by atoms with van der Waals surface area (Å²) in [6.45, 7) is 0.692. The van der Waals surface area contributed by atoms with Crippen LogP contribution in [0.25, 0.3) is 22.2 Å². The number of nitrogens with two attached hydrogens (primary N) is 1. The van der Waals surface area contributed by atoms with E-state index in [2.05, 4.69) is 9.97 Å². The molecule has 150 valence electrons. The number of aryl methyl sites for hydroxylation is 1. The van der Waals surface area contributed by atoms with Crippen LogP contribution in [-0.4, -0.2) is 27.0 Å². The Kier molecular flexibility index (Phi) is 4.26. The third kappa shape index (κ3) is 2.96. The first kappa shape index (κ1) is 18.1. The molecule has 1 saturated heterocycles. The van der Waals surface area contributed by atoms with Crippen LogP contribution in [0.15, 0.2) is 30.7 Å². The largest absolute Gasteiger partial charge is 0.383 e. The van der Waals surface area contributed by atoms with Gasteiger partial charge in [-0.15, -0.1) is 0 Å². The maximum atomic E-state index is 15.2. The van der Waals surface area contributed by atoms with Crippen LogP contribution in [-0.2, 0) is 11.8 Å². The molecule has 2 fully saturated rings. The van der Waals surface area contributed by atoms with Crippen LogP contribution >= 0.6 is 0 Å². The van der Waals surface area contributed by atoms with Gasteiger partial charge in [-0.1, -0.05) is 25.7 Å². The first-order chi connectivity index (χ1) is 14.0. The van der Waals surface area contributed by atoms with Crippen LogP contribution in [0.3, 0.4) is 0 Å². The summed E-state index contributed by atoms with van der Waals surface area (Å²) in [6.07, 6.45) is 8.73. The summed E-state index contributed by atoms with van der Waals surface area (Å²) in [5.74, 6) is 1.06. The summed E-state index contributed by atoms with van der Waals surface area (Å²) in [6, 6.07) is 5.01. The van der Waals surface area contributed by atoms with Crippen LogP contribution in [0, 0.1) is 17.7 Å². The topological polar surface area (TPSA) is 77.0 Å². The van der Waals surface area contributed by atoms with E-state index in [1.807, 2.05) is 23.9 Å². The first-order valence-corrected chi connectivity index (χ1v) is 10.2. The molecular formula is C22H24FN5O. The van der Waals surface area contributed by atoms with Crippen LogP contribution in [0.4, 0.5) is 15.9 Å². The number of rotatable bonds is 3. The minimum Gasteiger partial charge on any atom is -0.383 e. The normalized spacial score (nSPS) is 20.3. The van der Waals surface area contributed by atoms with Crippen molar-refractivity contribution in [1.29, 1.82) is 0 Å². The molecule has 1 atom stereocenters. The number of amides is 1. The maximum absolute atomic E-state index is 15.2. The Hall–Kier alpha value is -2.96. The monoisotopic (exact) mass is 393 g/mol. The van der Waals surface area contributed by atoms with Gasteiger partial charge in [0.1, 0.15) is 23.6 Å². The lowest BCUT2D eigenvalue weighted by Crippen LogP contribution is -2.25. The molecule has 29 heavy (non-hydrogen) atoms. The van der Waals surface area contributed by atoms with Crippen LogP contribution < -0.4 is 10.6 Å². The lowest BCUT2D eigenvalue weighted by Gasteiger charge is -2.20. The fourth-order valence-electron chi connectivity index (χ4n) is 5.06. The van der Waals surface area contributed by atoms with Crippen molar-refractivity contribution in [2.45, 2.75) is 32.1 Å². The van der Waals surface area contributed by atoms with Gasteiger partial charge >= 0.3 is 0 Å². The molecule has 2 aromatic heterocycles. The maximum Gasteiger partial charge on any atom is 0.227 e. The molecule has 3 heterocycles. The smallest absolute Gasteiger partial charge is 0.227 e. The average Bonchev–Trinajstić information content (AvgIpc) is 3.42. The Morgan fingerprint density at radius 2 is 1.93 bits per heavy atom. The van der Waals surface area contributed by atoms with E-state index in [1.165, 1.54) is 38.1 Å². The lowest BCUT2D eigenvalue weighted by atomic mass is 9.90. The molecule has 1 aromatic carbocycles. The molecule has 1 amide bonds. The summed E-state index contributed by atoms with van der Waals surface area (Å²) >= 11 is 0. The second-order valence-electron chi connectivity index (χ2n) is 8.29. The van der Waals surface area contributed by atoms with Gasteiger partial charge in [0.2, 0.25) is 5.91 Å². The number of hydrogen-bond acceptors (Lipinski definition) is 4.